The number of fused-ring (bicyclic) bond motifs is 1. The van der Waals surface area contributed by atoms with E-state index < -0.39 is 10.0 Å². The lowest BCUT2D eigenvalue weighted by Gasteiger charge is -2.24. The van der Waals surface area contributed by atoms with Gasteiger partial charge in [0.1, 0.15) is 4.21 Å². The zero-order chi connectivity index (χ0) is 13.3. The number of ketones is 1. The topological polar surface area (TPSA) is 63.7 Å². The van der Waals surface area contributed by atoms with Gasteiger partial charge >= 0.3 is 0 Å². The van der Waals surface area contributed by atoms with Crippen LogP contribution in [0.5, 0.6) is 0 Å². The molecule has 18 heavy (non-hydrogen) atoms. The molecule has 0 unspecified atom stereocenters. The molecule has 2 rings (SSSR count). The summed E-state index contributed by atoms with van der Waals surface area (Å²) in [6.45, 7) is 0.612. The molecule has 8 heteroatoms. The third-order valence-corrected chi connectivity index (χ3v) is 6.24. The van der Waals surface area contributed by atoms with Crippen LogP contribution in [0.2, 0.25) is 4.34 Å². The van der Waals surface area contributed by atoms with Gasteiger partial charge in [-0.25, -0.2) is 8.42 Å². The third kappa shape index (κ3) is 2.46. The van der Waals surface area contributed by atoms with Crippen LogP contribution in [0.15, 0.2) is 10.3 Å². The molecule has 1 aliphatic rings. The Balaban J connectivity index is 2.30. The summed E-state index contributed by atoms with van der Waals surface area (Å²) in [5.74, 6) is -0.208. The average molecular weight is 310 g/mol. The second-order valence-corrected chi connectivity index (χ2v) is 7.68. The number of sulfonamides is 1. The van der Waals surface area contributed by atoms with Crippen LogP contribution in [0.4, 0.5) is 0 Å². The Kier molecular flexibility index (Phi) is 4.08. The van der Waals surface area contributed by atoms with Gasteiger partial charge in [0.05, 0.1) is 16.4 Å². The highest BCUT2D eigenvalue weighted by atomic mass is 35.5. The van der Waals surface area contributed by atoms with Crippen LogP contribution in [0.25, 0.3) is 0 Å². The lowest BCUT2D eigenvalue weighted by atomic mass is 10.2. The zero-order valence-electron chi connectivity index (χ0n) is 9.68. The van der Waals surface area contributed by atoms with Crippen molar-refractivity contribution in [2.75, 3.05) is 26.8 Å². The SMILES string of the molecule is COCCCN1CC(=O)c2cc(Cl)sc2S1(=O)=O. The summed E-state index contributed by atoms with van der Waals surface area (Å²) in [6, 6.07) is 1.42. The molecule has 1 aromatic rings. The van der Waals surface area contributed by atoms with Crippen molar-refractivity contribution < 1.29 is 17.9 Å². The summed E-state index contributed by atoms with van der Waals surface area (Å²) in [6.07, 6.45) is 0.553. The number of Topliss-reactive ketones (excluding diaryl/α,β-unsaturated/α-hetero) is 1. The fourth-order valence-electron chi connectivity index (χ4n) is 1.76. The Morgan fingerprint density at radius 2 is 2.28 bits per heavy atom. The summed E-state index contributed by atoms with van der Waals surface area (Å²) in [7, 11) is -2.04. The normalized spacial score (nSPS) is 18.9. The molecule has 1 aromatic heterocycles. The van der Waals surface area contributed by atoms with Crippen LogP contribution >= 0.6 is 22.9 Å². The first-order chi connectivity index (χ1) is 8.46. The van der Waals surface area contributed by atoms with E-state index in [-0.39, 0.29) is 28.6 Å². The number of methoxy groups -OCH3 is 1. The number of carbonyl (C=O) groups excluding carboxylic acids is 1. The van der Waals surface area contributed by atoms with Gasteiger partial charge in [-0.2, -0.15) is 4.31 Å². The van der Waals surface area contributed by atoms with Gasteiger partial charge in [0, 0.05) is 20.3 Å². The van der Waals surface area contributed by atoms with Gasteiger partial charge in [0.15, 0.2) is 5.78 Å². The maximum atomic E-state index is 12.2. The maximum absolute atomic E-state index is 12.2. The van der Waals surface area contributed by atoms with Crippen molar-refractivity contribution in [3.8, 4) is 0 Å². The van der Waals surface area contributed by atoms with E-state index >= 15 is 0 Å². The van der Waals surface area contributed by atoms with E-state index in [4.69, 9.17) is 16.3 Å². The summed E-state index contributed by atoms with van der Waals surface area (Å²) >= 11 is 6.71. The van der Waals surface area contributed by atoms with Crippen molar-refractivity contribution >= 4 is 38.7 Å². The van der Waals surface area contributed by atoms with E-state index in [9.17, 15) is 13.2 Å². The van der Waals surface area contributed by atoms with Crippen molar-refractivity contribution in [3.05, 3.63) is 16.0 Å². The molecule has 0 aromatic carbocycles. The largest absolute Gasteiger partial charge is 0.385 e. The van der Waals surface area contributed by atoms with E-state index in [0.717, 1.165) is 11.3 Å². The van der Waals surface area contributed by atoms with Crippen molar-refractivity contribution in [2.45, 2.75) is 10.6 Å². The zero-order valence-corrected chi connectivity index (χ0v) is 12.1. The number of halogens is 1. The van der Waals surface area contributed by atoms with Gasteiger partial charge in [-0.3, -0.25) is 4.79 Å². The fraction of sp³-hybridized carbons (Fsp3) is 0.500. The third-order valence-electron chi connectivity index (χ3n) is 2.62. The minimum Gasteiger partial charge on any atom is -0.385 e. The molecule has 2 heterocycles. The summed E-state index contributed by atoms with van der Waals surface area (Å²) < 4.78 is 30.9. The number of ether oxygens (including phenoxy) is 1. The first-order valence-corrected chi connectivity index (χ1v) is 7.92. The minimum atomic E-state index is -3.58. The molecule has 0 fully saturated rings. The van der Waals surface area contributed by atoms with Crippen LogP contribution < -0.4 is 0 Å². The summed E-state index contributed by atoms with van der Waals surface area (Å²) in [5.41, 5.74) is 0.216. The lowest BCUT2D eigenvalue weighted by Crippen LogP contribution is -2.40. The predicted octanol–water partition coefficient (Wildman–Crippen LogP) is 1.63. The Bertz CT molecular complexity index is 566. The molecule has 0 spiro atoms. The first-order valence-electron chi connectivity index (χ1n) is 5.28. The molecule has 0 radical (unpaired) electrons. The van der Waals surface area contributed by atoms with Crippen molar-refractivity contribution in [3.63, 3.8) is 0 Å². The monoisotopic (exact) mass is 309 g/mol. The number of thiophene rings is 1. The molecule has 1 aliphatic heterocycles. The van der Waals surface area contributed by atoms with Crippen LogP contribution in [0, 0.1) is 0 Å². The molecule has 0 atom stereocenters. The summed E-state index contributed by atoms with van der Waals surface area (Å²) in [5, 5.41) is 0. The average Bonchev–Trinajstić information content (AvgIpc) is 2.70. The molecule has 5 nitrogen and oxygen atoms in total. The minimum absolute atomic E-state index is 0.0566. The van der Waals surface area contributed by atoms with E-state index in [2.05, 4.69) is 0 Å². The van der Waals surface area contributed by atoms with Crippen LogP contribution in [0.1, 0.15) is 16.8 Å². The van der Waals surface area contributed by atoms with Crippen molar-refractivity contribution in [1.29, 1.82) is 0 Å². The van der Waals surface area contributed by atoms with E-state index in [1.54, 1.807) is 7.11 Å². The van der Waals surface area contributed by atoms with Crippen LogP contribution in [-0.2, 0) is 14.8 Å². The highest BCUT2D eigenvalue weighted by molar-refractivity contribution is 7.91. The molecule has 100 valence electrons. The first kappa shape index (κ1) is 14.0. The van der Waals surface area contributed by atoms with E-state index in [1.807, 2.05) is 0 Å². The van der Waals surface area contributed by atoms with Crippen LogP contribution in [0.3, 0.4) is 0 Å². The molecule has 0 saturated carbocycles. The molecule has 0 bridgehead atoms. The van der Waals surface area contributed by atoms with Gasteiger partial charge in [0.2, 0.25) is 0 Å². The molecule has 0 saturated heterocycles. The number of hydrogen-bond donors (Lipinski definition) is 0. The molecule has 0 amide bonds. The quantitative estimate of drug-likeness (QED) is 0.793. The highest BCUT2D eigenvalue weighted by Gasteiger charge is 2.37. The fourth-order valence-corrected chi connectivity index (χ4v) is 5.23. The molecule has 0 aliphatic carbocycles. The molecular formula is C10H12ClNO4S2. The lowest BCUT2D eigenvalue weighted by molar-refractivity contribution is 0.0952. The Labute approximate surface area is 114 Å². The van der Waals surface area contributed by atoms with Crippen molar-refractivity contribution in [1.82, 2.24) is 4.31 Å². The highest BCUT2D eigenvalue weighted by Crippen LogP contribution is 2.36. The number of carbonyl (C=O) groups is 1. The van der Waals surface area contributed by atoms with Gasteiger partial charge < -0.3 is 4.74 Å². The van der Waals surface area contributed by atoms with Crippen molar-refractivity contribution in [2.24, 2.45) is 0 Å². The second-order valence-electron chi connectivity index (χ2n) is 3.86. The number of rotatable bonds is 4. The number of nitrogens with zero attached hydrogens (tertiary/aromatic N) is 1. The second kappa shape index (κ2) is 5.26. The van der Waals surface area contributed by atoms with Gasteiger partial charge in [-0.05, 0) is 12.5 Å². The summed E-state index contributed by atoms with van der Waals surface area (Å²) in [4.78, 5) is 11.8. The Morgan fingerprint density at radius 1 is 1.56 bits per heavy atom. The van der Waals surface area contributed by atoms with E-state index in [0.29, 0.717) is 17.4 Å². The smallest absolute Gasteiger partial charge is 0.253 e. The number of hydrogen-bond acceptors (Lipinski definition) is 5. The van der Waals surface area contributed by atoms with Crippen LogP contribution in [-0.4, -0.2) is 45.3 Å². The molecule has 0 N–H and O–H groups in total. The molecular weight excluding hydrogens is 298 g/mol. The van der Waals surface area contributed by atoms with Gasteiger partial charge in [0.25, 0.3) is 10.0 Å². The van der Waals surface area contributed by atoms with Gasteiger partial charge in [-0.15, -0.1) is 11.3 Å². The predicted molar refractivity (Wildman–Crippen MR) is 68.9 cm³/mol. The standard InChI is InChI=1S/C10H12ClNO4S2/c1-16-4-2-3-12-6-8(13)7-5-9(11)17-10(7)18(12,14)15/h5H,2-4,6H2,1H3. The van der Waals surface area contributed by atoms with Gasteiger partial charge in [-0.1, -0.05) is 11.6 Å². The van der Waals surface area contributed by atoms with E-state index in [1.165, 1.54) is 10.4 Å². The maximum Gasteiger partial charge on any atom is 0.253 e. The Morgan fingerprint density at radius 3 is 2.94 bits per heavy atom. The Hall–Kier alpha value is -0.470.